The summed E-state index contributed by atoms with van der Waals surface area (Å²) in [5.41, 5.74) is -1.23. The zero-order chi connectivity index (χ0) is 20.6. The van der Waals surface area contributed by atoms with E-state index in [9.17, 15) is 22.8 Å². The number of hydrogen-bond donors (Lipinski definition) is 0. The maximum absolute atomic E-state index is 12.5. The van der Waals surface area contributed by atoms with E-state index in [4.69, 9.17) is 16.3 Å². The second-order valence-electron chi connectivity index (χ2n) is 6.16. The molecule has 0 aliphatic heterocycles. The molecule has 1 aliphatic carbocycles. The summed E-state index contributed by atoms with van der Waals surface area (Å²) in [4.78, 5) is 35.9. The number of aryl methyl sites for hydroxylation is 1. The number of tetrazole rings is 1. The smallest absolute Gasteiger partial charge is 0.368 e. The minimum absolute atomic E-state index is 0.153. The summed E-state index contributed by atoms with van der Waals surface area (Å²) in [7, 11) is -2.49. The molecule has 0 amide bonds. The molecule has 12 heteroatoms. The number of allylic oxidation sites excluding steroid dienone is 2. The van der Waals surface area contributed by atoms with Crippen LogP contribution >= 0.6 is 11.6 Å². The van der Waals surface area contributed by atoms with Crippen LogP contribution < -0.4 is 5.69 Å². The number of carbonyl (C=O) groups excluding carboxylic acids is 2. The Balaban J connectivity index is 2.13. The van der Waals surface area contributed by atoms with Crippen molar-refractivity contribution in [1.29, 1.82) is 0 Å². The van der Waals surface area contributed by atoms with Crippen molar-refractivity contribution in [3.63, 3.8) is 0 Å². The molecule has 2 aromatic rings. The SMILES string of the molecule is Cn1nnn(-c2c(S(C)(=O)=O)ccc(C(=O)OC3=CC(=O)CCC3)c2Cl)c1=O. The molecule has 0 bridgehead atoms. The van der Waals surface area contributed by atoms with Crippen LogP contribution in [-0.4, -0.2) is 46.2 Å². The summed E-state index contributed by atoms with van der Waals surface area (Å²) in [6.45, 7) is 0. The van der Waals surface area contributed by atoms with Gasteiger partial charge in [-0.25, -0.2) is 18.0 Å². The van der Waals surface area contributed by atoms with Crippen molar-refractivity contribution in [2.45, 2.75) is 24.2 Å². The maximum Gasteiger partial charge on any atom is 0.368 e. The van der Waals surface area contributed by atoms with Crippen LogP contribution in [0.15, 0.2) is 33.7 Å². The second kappa shape index (κ2) is 7.32. The first-order chi connectivity index (χ1) is 13.1. The highest BCUT2D eigenvalue weighted by molar-refractivity contribution is 7.90. The number of ether oxygens (including phenoxy) is 1. The number of hydrogen-bond acceptors (Lipinski definition) is 8. The number of benzene rings is 1. The van der Waals surface area contributed by atoms with Crippen LogP contribution in [0.2, 0.25) is 5.02 Å². The van der Waals surface area contributed by atoms with E-state index >= 15 is 0 Å². The number of halogens is 1. The van der Waals surface area contributed by atoms with Gasteiger partial charge in [-0.05, 0) is 29.0 Å². The van der Waals surface area contributed by atoms with Gasteiger partial charge in [0.2, 0.25) is 0 Å². The summed E-state index contributed by atoms with van der Waals surface area (Å²) in [5, 5.41) is 6.81. The lowest BCUT2D eigenvalue weighted by molar-refractivity contribution is -0.115. The Labute approximate surface area is 164 Å². The zero-order valence-electron chi connectivity index (χ0n) is 14.9. The molecule has 3 rings (SSSR count). The van der Waals surface area contributed by atoms with Crippen LogP contribution in [-0.2, 0) is 26.4 Å². The molecular formula is C16H15ClN4O6S. The van der Waals surface area contributed by atoms with E-state index in [-0.39, 0.29) is 32.7 Å². The summed E-state index contributed by atoms with van der Waals surface area (Å²) in [5.74, 6) is -0.841. The van der Waals surface area contributed by atoms with E-state index < -0.39 is 21.5 Å². The molecule has 0 fully saturated rings. The molecule has 1 aliphatic rings. The highest BCUT2D eigenvalue weighted by Crippen LogP contribution is 2.31. The first-order valence-electron chi connectivity index (χ1n) is 8.07. The van der Waals surface area contributed by atoms with Crippen LogP contribution in [0.3, 0.4) is 0 Å². The van der Waals surface area contributed by atoms with Gasteiger partial charge in [0.05, 0.1) is 15.5 Å². The summed E-state index contributed by atoms with van der Waals surface area (Å²) >= 11 is 6.29. The molecule has 0 spiro atoms. The molecular weight excluding hydrogens is 412 g/mol. The monoisotopic (exact) mass is 426 g/mol. The molecule has 1 aromatic carbocycles. The number of carbonyl (C=O) groups is 2. The van der Waals surface area contributed by atoms with Crippen molar-refractivity contribution >= 4 is 33.2 Å². The van der Waals surface area contributed by atoms with E-state index in [1.54, 1.807) is 0 Å². The first kappa shape index (κ1) is 20.0. The van der Waals surface area contributed by atoms with Crippen molar-refractivity contribution < 1.29 is 22.7 Å². The molecule has 0 N–H and O–H groups in total. The predicted molar refractivity (Wildman–Crippen MR) is 97.1 cm³/mol. The largest absolute Gasteiger partial charge is 0.427 e. The van der Waals surface area contributed by atoms with Crippen molar-refractivity contribution in [1.82, 2.24) is 19.8 Å². The molecule has 28 heavy (non-hydrogen) atoms. The molecule has 10 nitrogen and oxygen atoms in total. The Kier molecular flexibility index (Phi) is 5.22. The van der Waals surface area contributed by atoms with E-state index in [0.717, 1.165) is 17.0 Å². The quantitative estimate of drug-likeness (QED) is 0.656. The van der Waals surface area contributed by atoms with Crippen LogP contribution in [0.4, 0.5) is 0 Å². The average molecular weight is 427 g/mol. The predicted octanol–water partition coefficient (Wildman–Crippen LogP) is 0.817. The van der Waals surface area contributed by atoms with Crippen LogP contribution in [0.25, 0.3) is 5.69 Å². The highest BCUT2D eigenvalue weighted by Gasteiger charge is 2.27. The van der Waals surface area contributed by atoms with Gasteiger partial charge in [0.1, 0.15) is 11.4 Å². The Morgan fingerprint density at radius 3 is 2.50 bits per heavy atom. The first-order valence-corrected chi connectivity index (χ1v) is 10.3. The molecule has 0 saturated heterocycles. The number of rotatable bonds is 4. The zero-order valence-corrected chi connectivity index (χ0v) is 16.5. The maximum atomic E-state index is 12.5. The Hall–Kier alpha value is -2.79. The molecule has 1 heterocycles. The van der Waals surface area contributed by atoms with Crippen LogP contribution in [0.1, 0.15) is 29.6 Å². The third kappa shape index (κ3) is 3.76. The fraction of sp³-hybridized carbons (Fsp3) is 0.312. The Morgan fingerprint density at radius 2 is 1.93 bits per heavy atom. The number of nitrogens with zero attached hydrogens (tertiary/aromatic N) is 4. The van der Waals surface area contributed by atoms with E-state index in [1.165, 1.54) is 19.2 Å². The number of aromatic nitrogens is 4. The van der Waals surface area contributed by atoms with Crippen LogP contribution in [0.5, 0.6) is 0 Å². The fourth-order valence-corrected chi connectivity index (χ4v) is 3.90. The molecule has 148 valence electrons. The topological polar surface area (TPSA) is 130 Å². The van der Waals surface area contributed by atoms with Gasteiger partial charge in [-0.2, -0.15) is 9.36 Å². The molecule has 0 atom stereocenters. The van der Waals surface area contributed by atoms with Crippen molar-refractivity contribution in [3.05, 3.63) is 45.0 Å². The normalized spacial score (nSPS) is 14.7. The van der Waals surface area contributed by atoms with Gasteiger partial charge in [-0.3, -0.25) is 4.79 Å². The fourth-order valence-electron chi connectivity index (χ4n) is 2.67. The lowest BCUT2D eigenvalue weighted by atomic mass is 10.1. The third-order valence-electron chi connectivity index (χ3n) is 4.02. The summed E-state index contributed by atoms with van der Waals surface area (Å²) in [6, 6.07) is 2.31. The van der Waals surface area contributed by atoms with Gasteiger partial charge in [-0.15, -0.1) is 0 Å². The molecule has 0 radical (unpaired) electrons. The molecule has 0 unspecified atom stereocenters. The number of ketones is 1. The minimum Gasteiger partial charge on any atom is -0.427 e. The van der Waals surface area contributed by atoms with E-state index in [2.05, 4.69) is 10.4 Å². The molecule has 0 saturated carbocycles. The third-order valence-corrected chi connectivity index (χ3v) is 5.54. The van der Waals surface area contributed by atoms with E-state index in [1.807, 2.05) is 0 Å². The molecule has 1 aromatic heterocycles. The van der Waals surface area contributed by atoms with Gasteiger partial charge in [-0.1, -0.05) is 11.6 Å². The summed E-state index contributed by atoms with van der Waals surface area (Å²) in [6.07, 6.45) is 3.52. The van der Waals surface area contributed by atoms with Gasteiger partial charge < -0.3 is 4.74 Å². The Morgan fingerprint density at radius 1 is 1.21 bits per heavy atom. The van der Waals surface area contributed by atoms with Gasteiger partial charge in [0.25, 0.3) is 0 Å². The van der Waals surface area contributed by atoms with Crippen LogP contribution in [0, 0.1) is 0 Å². The number of esters is 1. The highest BCUT2D eigenvalue weighted by atomic mass is 35.5. The van der Waals surface area contributed by atoms with Crippen molar-refractivity contribution in [2.75, 3.05) is 6.26 Å². The minimum atomic E-state index is -3.82. The van der Waals surface area contributed by atoms with Gasteiger partial charge >= 0.3 is 11.7 Å². The van der Waals surface area contributed by atoms with Gasteiger partial charge in [0, 0.05) is 32.2 Å². The van der Waals surface area contributed by atoms with Crippen molar-refractivity contribution in [3.8, 4) is 5.69 Å². The lowest BCUT2D eigenvalue weighted by Gasteiger charge is -2.15. The van der Waals surface area contributed by atoms with Crippen molar-refractivity contribution in [2.24, 2.45) is 7.05 Å². The summed E-state index contributed by atoms with van der Waals surface area (Å²) < 4.78 is 31.1. The lowest BCUT2D eigenvalue weighted by Crippen LogP contribution is -2.24. The number of sulfone groups is 1. The van der Waals surface area contributed by atoms with Gasteiger partial charge in [0.15, 0.2) is 15.6 Å². The average Bonchev–Trinajstić information content (AvgIpc) is 2.92. The standard InChI is InChI=1S/C16H15ClN4O6S/c1-20-16(24)21(19-18-20)14-12(28(2,25)26)7-6-11(13(14)17)15(23)27-10-5-3-4-9(22)8-10/h6-8H,3-5H2,1-2H3. The second-order valence-corrected chi connectivity index (χ2v) is 8.53. The Bertz CT molecular complexity index is 1180. The van der Waals surface area contributed by atoms with E-state index in [0.29, 0.717) is 23.9 Å².